The maximum atomic E-state index is 12.9. The van der Waals surface area contributed by atoms with Gasteiger partial charge in [0.2, 0.25) is 0 Å². The highest BCUT2D eigenvalue weighted by atomic mass is 32.1. The normalized spacial score (nSPS) is 15.3. The van der Waals surface area contributed by atoms with Gasteiger partial charge in [0.05, 0.1) is 5.56 Å². The van der Waals surface area contributed by atoms with Gasteiger partial charge in [-0.1, -0.05) is 12.1 Å². The lowest BCUT2D eigenvalue weighted by Gasteiger charge is -2.35. The minimum absolute atomic E-state index is 0.179. The van der Waals surface area contributed by atoms with Gasteiger partial charge in [-0.2, -0.15) is 13.2 Å². The van der Waals surface area contributed by atoms with Crippen LogP contribution in [0.25, 0.3) is 10.6 Å². The Kier molecular flexibility index (Phi) is 6.07. The Labute approximate surface area is 176 Å². The van der Waals surface area contributed by atoms with Crippen molar-refractivity contribution in [1.29, 1.82) is 0 Å². The molecule has 0 bridgehead atoms. The van der Waals surface area contributed by atoms with Gasteiger partial charge in [-0.05, 0) is 32.9 Å². The molecule has 6 nitrogen and oxygen atoms in total. The Morgan fingerprint density at radius 1 is 1.07 bits per heavy atom. The van der Waals surface area contributed by atoms with E-state index in [4.69, 9.17) is 4.74 Å². The summed E-state index contributed by atoms with van der Waals surface area (Å²) in [6, 6.07) is 4.86. The van der Waals surface area contributed by atoms with Gasteiger partial charge >= 0.3 is 12.3 Å². The minimum Gasteiger partial charge on any atom is -0.444 e. The fourth-order valence-corrected chi connectivity index (χ4v) is 3.70. The summed E-state index contributed by atoms with van der Waals surface area (Å²) >= 11 is 1.12. The first-order valence-electron chi connectivity index (χ1n) is 9.34. The summed E-state index contributed by atoms with van der Waals surface area (Å²) < 4.78 is 44.1. The van der Waals surface area contributed by atoms with Crippen LogP contribution in [0.4, 0.5) is 18.0 Å². The van der Waals surface area contributed by atoms with Crippen LogP contribution < -0.4 is 0 Å². The molecular weight excluding hydrogens is 419 g/mol. The van der Waals surface area contributed by atoms with E-state index in [9.17, 15) is 22.8 Å². The summed E-state index contributed by atoms with van der Waals surface area (Å²) in [4.78, 5) is 32.2. The summed E-state index contributed by atoms with van der Waals surface area (Å²) in [6.07, 6.45) is -4.87. The Balaban J connectivity index is 1.65. The molecule has 10 heteroatoms. The molecule has 0 N–H and O–H groups in total. The second-order valence-corrected chi connectivity index (χ2v) is 8.73. The van der Waals surface area contributed by atoms with Crippen LogP contribution in [0, 0.1) is 0 Å². The second kappa shape index (κ2) is 8.25. The molecule has 30 heavy (non-hydrogen) atoms. The third-order valence-electron chi connectivity index (χ3n) is 4.38. The van der Waals surface area contributed by atoms with E-state index in [1.54, 1.807) is 30.6 Å². The molecule has 0 atom stereocenters. The molecule has 0 unspecified atom stereocenters. The highest BCUT2D eigenvalue weighted by Crippen LogP contribution is 2.33. The molecule has 1 aromatic carbocycles. The highest BCUT2D eigenvalue weighted by molar-refractivity contribution is 7.13. The number of amides is 2. The third-order valence-corrected chi connectivity index (χ3v) is 5.27. The standard InChI is InChI=1S/C20H22F3N3O3S/c1-19(2,3)29-18(28)26-9-7-25(8-10-26)17(27)15-12-30-16(24-15)13-5-4-6-14(11-13)20(21,22)23/h4-6,11-12H,7-10H2,1-3H3. The van der Waals surface area contributed by atoms with Crippen molar-refractivity contribution >= 4 is 23.3 Å². The lowest BCUT2D eigenvalue weighted by molar-refractivity contribution is -0.137. The van der Waals surface area contributed by atoms with Crippen LogP contribution in [0.15, 0.2) is 29.6 Å². The number of nitrogens with zero attached hydrogens (tertiary/aromatic N) is 3. The Morgan fingerprint density at radius 3 is 2.30 bits per heavy atom. The fraction of sp³-hybridized carbons (Fsp3) is 0.450. The van der Waals surface area contributed by atoms with Crippen LogP contribution in [0.1, 0.15) is 36.8 Å². The van der Waals surface area contributed by atoms with Gasteiger partial charge in [0, 0.05) is 37.1 Å². The zero-order valence-corrected chi connectivity index (χ0v) is 17.6. The number of thiazole rings is 1. The molecule has 0 aliphatic carbocycles. The molecule has 162 valence electrons. The Morgan fingerprint density at radius 2 is 1.70 bits per heavy atom. The average molecular weight is 441 g/mol. The van der Waals surface area contributed by atoms with Crippen LogP contribution in [0.3, 0.4) is 0 Å². The Hall–Kier alpha value is -2.62. The Bertz CT molecular complexity index is 929. The maximum absolute atomic E-state index is 12.9. The van der Waals surface area contributed by atoms with Crippen molar-refractivity contribution in [3.63, 3.8) is 0 Å². The van der Waals surface area contributed by atoms with Crippen LogP contribution in [-0.2, 0) is 10.9 Å². The van der Waals surface area contributed by atoms with Gasteiger partial charge in [-0.25, -0.2) is 9.78 Å². The van der Waals surface area contributed by atoms with Crippen molar-refractivity contribution in [2.24, 2.45) is 0 Å². The molecule has 1 saturated heterocycles. The molecule has 2 heterocycles. The number of aromatic nitrogens is 1. The summed E-state index contributed by atoms with van der Waals surface area (Å²) in [7, 11) is 0. The first-order chi connectivity index (χ1) is 13.9. The number of piperazine rings is 1. The van der Waals surface area contributed by atoms with Gasteiger partial charge in [-0.15, -0.1) is 11.3 Å². The largest absolute Gasteiger partial charge is 0.444 e. The van der Waals surface area contributed by atoms with Crippen LogP contribution in [0.2, 0.25) is 0 Å². The zero-order valence-electron chi connectivity index (χ0n) is 16.8. The topological polar surface area (TPSA) is 62.7 Å². The third kappa shape index (κ3) is 5.29. The predicted octanol–water partition coefficient (Wildman–Crippen LogP) is 4.52. The number of benzene rings is 1. The molecule has 0 spiro atoms. The molecule has 1 aromatic heterocycles. The first kappa shape index (κ1) is 22.1. The smallest absolute Gasteiger partial charge is 0.416 e. The van der Waals surface area contributed by atoms with Crippen molar-refractivity contribution in [2.75, 3.05) is 26.2 Å². The monoisotopic (exact) mass is 441 g/mol. The van der Waals surface area contributed by atoms with E-state index in [0.29, 0.717) is 36.8 Å². The van der Waals surface area contributed by atoms with Crippen LogP contribution >= 0.6 is 11.3 Å². The van der Waals surface area contributed by atoms with E-state index in [-0.39, 0.29) is 11.6 Å². The zero-order chi connectivity index (χ0) is 22.1. The van der Waals surface area contributed by atoms with Gasteiger partial charge < -0.3 is 14.5 Å². The van der Waals surface area contributed by atoms with Crippen molar-refractivity contribution < 1.29 is 27.5 Å². The molecular formula is C20H22F3N3O3S. The van der Waals surface area contributed by atoms with Crippen LogP contribution in [0.5, 0.6) is 0 Å². The van der Waals surface area contributed by atoms with Crippen LogP contribution in [-0.4, -0.2) is 58.6 Å². The molecule has 0 radical (unpaired) electrons. The number of alkyl halides is 3. The molecule has 2 aromatic rings. The maximum Gasteiger partial charge on any atom is 0.416 e. The summed E-state index contributed by atoms with van der Waals surface area (Å²) in [5.74, 6) is -0.312. The SMILES string of the molecule is CC(C)(C)OC(=O)N1CCN(C(=O)c2csc(-c3cccc(C(F)(F)F)c3)n2)CC1. The van der Waals surface area contributed by atoms with Crippen molar-refractivity contribution in [2.45, 2.75) is 32.5 Å². The van der Waals surface area contributed by atoms with Gasteiger partial charge in [0.15, 0.2) is 0 Å². The molecule has 1 aliphatic heterocycles. The van der Waals surface area contributed by atoms with Crippen molar-refractivity contribution in [3.05, 3.63) is 40.9 Å². The number of hydrogen-bond acceptors (Lipinski definition) is 5. The summed E-state index contributed by atoms with van der Waals surface area (Å²) in [6.45, 7) is 6.69. The predicted molar refractivity (Wildman–Crippen MR) is 106 cm³/mol. The number of hydrogen-bond donors (Lipinski definition) is 0. The number of rotatable bonds is 2. The summed E-state index contributed by atoms with van der Waals surface area (Å²) in [5.41, 5.74) is -0.868. The molecule has 1 fully saturated rings. The summed E-state index contributed by atoms with van der Waals surface area (Å²) in [5, 5.41) is 1.88. The van der Waals surface area contributed by atoms with E-state index in [1.165, 1.54) is 17.5 Å². The van der Waals surface area contributed by atoms with Crippen molar-refractivity contribution in [3.8, 4) is 10.6 Å². The second-order valence-electron chi connectivity index (χ2n) is 7.88. The number of carbonyl (C=O) groups excluding carboxylic acids is 2. The van der Waals surface area contributed by atoms with E-state index >= 15 is 0 Å². The first-order valence-corrected chi connectivity index (χ1v) is 10.2. The number of carbonyl (C=O) groups is 2. The van der Waals surface area contributed by atoms with Gasteiger partial charge in [-0.3, -0.25) is 4.79 Å². The highest BCUT2D eigenvalue weighted by Gasteiger charge is 2.31. The lowest BCUT2D eigenvalue weighted by atomic mass is 10.1. The fourth-order valence-electron chi connectivity index (χ4n) is 2.91. The quantitative estimate of drug-likeness (QED) is 0.687. The number of ether oxygens (including phenoxy) is 1. The molecule has 2 amide bonds. The molecule has 1 aliphatic rings. The van der Waals surface area contributed by atoms with Gasteiger partial charge in [0.1, 0.15) is 16.3 Å². The van der Waals surface area contributed by atoms with Crippen molar-refractivity contribution in [1.82, 2.24) is 14.8 Å². The van der Waals surface area contributed by atoms with E-state index < -0.39 is 23.4 Å². The van der Waals surface area contributed by atoms with E-state index in [1.807, 2.05) is 0 Å². The number of halogens is 3. The average Bonchev–Trinajstić information content (AvgIpc) is 3.16. The minimum atomic E-state index is -4.44. The molecule has 3 rings (SSSR count). The van der Waals surface area contributed by atoms with Gasteiger partial charge in [0.25, 0.3) is 5.91 Å². The van der Waals surface area contributed by atoms with E-state index in [2.05, 4.69) is 4.98 Å². The van der Waals surface area contributed by atoms with E-state index in [0.717, 1.165) is 23.5 Å². The molecule has 0 saturated carbocycles. The lowest BCUT2D eigenvalue weighted by Crippen LogP contribution is -2.51.